The van der Waals surface area contributed by atoms with Gasteiger partial charge in [-0.2, -0.15) is 0 Å². The minimum Gasteiger partial charge on any atom is -0.363 e. The van der Waals surface area contributed by atoms with Crippen molar-refractivity contribution in [1.82, 2.24) is 19.8 Å². The molecule has 198 valence electrons. The second kappa shape index (κ2) is 10.1. The summed E-state index contributed by atoms with van der Waals surface area (Å²) in [5.41, 5.74) is 2.72. The van der Waals surface area contributed by atoms with Crippen LogP contribution in [0, 0.1) is 0 Å². The van der Waals surface area contributed by atoms with Crippen LogP contribution in [0.2, 0.25) is 0 Å². The number of pyridine rings is 2. The van der Waals surface area contributed by atoms with E-state index in [1.165, 1.54) is 0 Å². The Morgan fingerprint density at radius 1 is 0.973 bits per heavy atom. The van der Waals surface area contributed by atoms with E-state index in [1.54, 1.807) is 16.8 Å². The predicted molar refractivity (Wildman–Crippen MR) is 144 cm³/mol. The molecule has 0 bridgehead atoms. The molecule has 2 aromatic heterocycles. The highest BCUT2D eigenvalue weighted by Crippen LogP contribution is 2.47. The van der Waals surface area contributed by atoms with Crippen molar-refractivity contribution in [3.05, 3.63) is 70.1 Å². The van der Waals surface area contributed by atoms with Gasteiger partial charge in [0, 0.05) is 80.4 Å². The van der Waals surface area contributed by atoms with E-state index in [9.17, 15) is 13.6 Å². The number of alkyl halides is 2. The molecule has 1 aliphatic carbocycles. The van der Waals surface area contributed by atoms with Crippen LogP contribution in [0.4, 0.5) is 14.6 Å². The average Bonchev–Trinajstić information content (AvgIpc) is 2.89. The van der Waals surface area contributed by atoms with E-state index in [2.05, 4.69) is 51.7 Å². The number of halogens is 2. The first-order chi connectivity index (χ1) is 17.7. The quantitative estimate of drug-likeness (QED) is 0.462. The van der Waals surface area contributed by atoms with Gasteiger partial charge in [-0.1, -0.05) is 24.3 Å². The summed E-state index contributed by atoms with van der Waals surface area (Å²) in [6.45, 7) is 9.61. The van der Waals surface area contributed by atoms with E-state index in [1.807, 2.05) is 26.0 Å². The normalized spacial score (nSPS) is 20.7. The van der Waals surface area contributed by atoms with Gasteiger partial charge in [-0.15, -0.1) is 0 Å². The highest BCUT2D eigenvalue weighted by Gasteiger charge is 2.47. The van der Waals surface area contributed by atoms with Crippen molar-refractivity contribution in [2.45, 2.75) is 70.0 Å². The summed E-state index contributed by atoms with van der Waals surface area (Å²) in [4.78, 5) is 19.4. The van der Waals surface area contributed by atoms with Crippen molar-refractivity contribution in [2.24, 2.45) is 0 Å². The fourth-order valence-electron chi connectivity index (χ4n) is 6.06. The molecular weight excluding hydrogens is 472 g/mol. The van der Waals surface area contributed by atoms with Crippen LogP contribution in [0.15, 0.2) is 53.5 Å². The van der Waals surface area contributed by atoms with Gasteiger partial charge in [-0.3, -0.25) is 9.69 Å². The van der Waals surface area contributed by atoms with Gasteiger partial charge >= 0.3 is 0 Å². The lowest BCUT2D eigenvalue weighted by molar-refractivity contribution is -0.0869. The van der Waals surface area contributed by atoms with Crippen LogP contribution in [0.1, 0.15) is 69.7 Å². The molecule has 6 nitrogen and oxygen atoms in total. The van der Waals surface area contributed by atoms with Gasteiger partial charge in [0.2, 0.25) is 5.92 Å². The van der Waals surface area contributed by atoms with Gasteiger partial charge in [0.25, 0.3) is 5.56 Å². The van der Waals surface area contributed by atoms with E-state index in [0.717, 1.165) is 48.2 Å². The monoisotopic (exact) mass is 509 g/mol. The molecular formula is C29H37F2N5O. The summed E-state index contributed by atoms with van der Waals surface area (Å²) in [5, 5.41) is 7.78. The largest absolute Gasteiger partial charge is 0.363 e. The molecule has 3 aromatic rings. The molecule has 0 unspecified atom stereocenters. The summed E-state index contributed by atoms with van der Waals surface area (Å²) in [5.74, 6) is -1.86. The van der Waals surface area contributed by atoms with E-state index < -0.39 is 5.92 Å². The fraction of sp³-hybridized carbons (Fsp3) is 0.517. The zero-order chi connectivity index (χ0) is 26.2. The number of nitrogens with zero attached hydrogens (tertiary/aromatic N) is 3. The summed E-state index contributed by atoms with van der Waals surface area (Å²) in [6.07, 6.45) is 2.62. The van der Waals surface area contributed by atoms with Crippen molar-refractivity contribution >= 4 is 16.7 Å². The number of anilines is 1. The van der Waals surface area contributed by atoms with Gasteiger partial charge < -0.3 is 15.2 Å². The van der Waals surface area contributed by atoms with Crippen molar-refractivity contribution < 1.29 is 8.78 Å². The number of hydrogen-bond donors (Lipinski definition) is 2. The summed E-state index contributed by atoms with van der Waals surface area (Å²) in [7, 11) is 0. The minimum atomic E-state index is -2.57. The first-order valence-corrected chi connectivity index (χ1v) is 13.4. The molecule has 0 spiro atoms. The zero-order valence-corrected chi connectivity index (χ0v) is 21.9. The third-order valence-electron chi connectivity index (χ3n) is 8.17. The van der Waals surface area contributed by atoms with Gasteiger partial charge in [-0.05, 0) is 50.8 Å². The maximum absolute atomic E-state index is 14.1. The number of piperazine rings is 1. The van der Waals surface area contributed by atoms with Crippen molar-refractivity contribution in [2.75, 3.05) is 31.5 Å². The summed E-state index contributed by atoms with van der Waals surface area (Å²) in [6, 6.07) is 13.8. The number of rotatable bonds is 6. The molecule has 2 aliphatic rings. The van der Waals surface area contributed by atoms with Crippen LogP contribution >= 0.6 is 0 Å². The predicted octanol–water partition coefficient (Wildman–Crippen LogP) is 5.46. The Balaban J connectivity index is 1.38. The molecule has 37 heavy (non-hydrogen) atoms. The van der Waals surface area contributed by atoms with Gasteiger partial charge in [0.05, 0.1) is 5.52 Å². The fourth-order valence-corrected chi connectivity index (χ4v) is 6.06. The summed E-state index contributed by atoms with van der Waals surface area (Å²) >= 11 is 0. The number of fused-ring (bicyclic) bond motifs is 1. The van der Waals surface area contributed by atoms with Crippen LogP contribution in [0.25, 0.3) is 10.9 Å². The Kier molecular flexibility index (Phi) is 7.07. The average molecular weight is 510 g/mol. The lowest BCUT2D eigenvalue weighted by Gasteiger charge is -2.50. The number of hydrogen-bond acceptors (Lipinski definition) is 5. The Hall–Kier alpha value is -2.84. The SMILES string of the molecule is CC(C)n1c(=O)ccc2cnc(N[C@@H](C)c3ccc(C4(N5CCNCC5)CCC(F)(F)CC4)cc3)cc21. The molecule has 2 fully saturated rings. The summed E-state index contributed by atoms with van der Waals surface area (Å²) < 4.78 is 30.0. The van der Waals surface area contributed by atoms with Crippen LogP contribution in [-0.2, 0) is 5.54 Å². The van der Waals surface area contributed by atoms with Crippen LogP contribution in [0.3, 0.4) is 0 Å². The van der Waals surface area contributed by atoms with E-state index in [4.69, 9.17) is 0 Å². The third-order valence-corrected chi connectivity index (χ3v) is 8.17. The first-order valence-electron chi connectivity index (χ1n) is 13.4. The Morgan fingerprint density at radius 2 is 1.65 bits per heavy atom. The van der Waals surface area contributed by atoms with Crippen molar-refractivity contribution in [3.63, 3.8) is 0 Å². The Bertz CT molecular complexity index is 1290. The molecule has 1 atom stereocenters. The minimum absolute atomic E-state index is 0.0206. The molecule has 0 amide bonds. The molecule has 1 saturated heterocycles. The highest BCUT2D eigenvalue weighted by atomic mass is 19.3. The topological polar surface area (TPSA) is 62.2 Å². The smallest absolute Gasteiger partial charge is 0.251 e. The number of aromatic nitrogens is 2. The van der Waals surface area contributed by atoms with Crippen molar-refractivity contribution in [1.29, 1.82) is 0 Å². The Morgan fingerprint density at radius 3 is 2.30 bits per heavy atom. The van der Waals surface area contributed by atoms with E-state index in [-0.39, 0.29) is 36.0 Å². The second-order valence-corrected chi connectivity index (χ2v) is 10.9. The Labute approximate surface area is 217 Å². The maximum Gasteiger partial charge on any atom is 0.251 e. The number of nitrogens with one attached hydrogen (secondary N) is 2. The van der Waals surface area contributed by atoms with Crippen LogP contribution in [-0.4, -0.2) is 46.6 Å². The van der Waals surface area contributed by atoms with Gasteiger partial charge in [0.15, 0.2) is 0 Å². The lowest BCUT2D eigenvalue weighted by atomic mass is 9.73. The molecule has 1 aliphatic heterocycles. The molecule has 2 N–H and O–H groups in total. The molecule has 8 heteroatoms. The molecule has 1 saturated carbocycles. The standard InChI is InChI=1S/C29H37F2N5O/c1-20(2)36-25-18-26(33-19-23(25)6-9-27(36)37)34-21(3)22-4-7-24(8-5-22)28(35-16-14-32-15-17-35)10-12-29(30,31)13-11-28/h4-9,18-21,32H,10-17H2,1-3H3,(H,33,34)/t21-/m0/s1. The first kappa shape index (κ1) is 25.8. The van der Waals surface area contributed by atoms with Gasteiger partial charge in [-0.25, -0.2) is 13.8 Å². The van der Waals surface area contributed by atoms with Crippen LogP contribution < -0.4 is 16.2 Å². The van der Waals surface area contributed by atoms with E-state index >= 15 is 0 Å². The maximum atomic E-state index is 14.1. The third kappa shape index (κ3) is 5.14. The molecule has 3 heterocycles. The molecule has 5 rings (SSSR count). The molecule has 1 aromatic carbocycles. The van der Waals surface area contributed by atoms with Crippen LogP contribution in [0.5, 0.6) is 0 Å². The van der Waals surface area contributed by atoms with Crippen molar-refractivity contribution in [3.8, 4) is 0 Å². The highest BCUT2D eigenvalue weighted by molar-refractivity contribution is 5.80. The van der Waals surface area contributed by atoms with Gasteiger partial charge in [0.1, 0.15) is 5.82 Å². The molecule has 0 radical (unpaired) electrons. The second-order valence-electron chi connectivity index (χ2n) is 10.9. The number of benzene rings is 1. The lowest BCUT2D eigenvalue weighted by Crippen LogP contribution is -2.56. The zero-order valence-electron chi connectivity index (χ0n) is 21.9. The van der Waals surface area contributed by atoms with E-state index in [0.29, 0.717) is 18.7 Å².